The molecule has 334 valence electrons. The fourth-order valence-corrected chi connectivity index (χ4v) is 11.2. The van der Waals surface area contributed by atoms with E-state index >= 15 is 0 Å². The van der Waals surface area contributed by atoms with Crippen LogP contribution in [0.4, 0.5) is 0 Å². The third-order valence-electron chi connectivity index (χ3n) is 11.0. The van der Waals surface area contributed by atoms with Crippen LogP contribution < -0.4 is 18.9 Å². The summed E-state index contributed by atoms with van der Waals surface area (Å²) in [6.45, 7) is 11.4. The molecule has 7 heterocycles. The predicted molar refractivity (Wildman–Crippen MR) is 279 cm³/mol. The monoisotopic (exact) mass is 945 g/mol. The standard InChI is InChI=1S/C55H51N3O4S4/c1-5-9-26-59-50-40-30-38(65-54(40)52(61-28-11-7-3)44-34-63-32-42(44)50)24-22-36-16-13-18-46(56-36)48-20-15-21-49(58-48)47-19-14-17-37(57-47)23-25-39-31-41-51(60-27-10-6-2)43-33-64-35-45(43)53(55(41)66-39)62-29-12-8-4/h13-21,30-35H,5-12,26-29H2,1-4H3. The lowest BCUT2D eigenvalue weighted by molar-refractivity contribution is 0.312. The number of fused-ring (bicyclic) bond motifs is 4. The molecule has 0 bridgehead atoms. The highest BCUT2D eigenvalue weighted by Gasteiger charge is 2.22. The Labute approximate surface area is 402 Å². The van der Waals surface area contributed by atoms with Crippen molar-refractivity contribution in [2.45, 2.75) is 79.1 Å². The minimum Gasteiger partial charge on any atom is -0.492 e. The van der Waals surface area contributed by atoms with Gasteiger partial charge >= 0.3 is 0 Å². The van der Waals surface area contributed by atoms with Crippen molar-refractivity contribution < 1.29 is 18.9 Å². The number of benzene rings is 2. The molecule has 11 heteroatoms. The Morgan fingerprint density at radius 3 is 1.15 bits per heavy atom. The molecule has 9 rings (SSSR count). The van der Waals surface area contributed by atoms with Crippen molar-refractivity contribution in [2.24, 2.45) is 0 Å². The largest absolute Gasteiger partial charge is 0.492 e. The number of rotatable bonds is 18. The molecule has 9 aromatic rings. The van der Waals surface area contributed by atoms with Gasteiger partial charge in [-0.25, -0.2) is 15.0 Å². The summed E-state index contributed by atoms with van der Waals surface area (Å²) in [5.74, 6) is 17.2. The van der Waals surface area contributed by atoms with Crippen LogP contribution in [0.5, 0.6) is 23.0 Å². The molecule has 0 unspecified atom stereocenters. The molecule has 2 aromatic carbocycles. The van der Waals surface area contributed by atoms with E-state index in [1.54, 1.807) is 45.3 Å². The van der Waals surface area contributed by atoms with E-state index in [2.05, 4.69) is 85.0 Å². The summed E-state index contributed by atoms with van der Waals surface area (Å²) < 4.78 is 28.0. The third kappa shape index (κ3) is 9.91. The van der Waals surface area contributed by atoms with Crippen LogP contribution in [0.3, 0.4) is 0 Å². The maximum atomic E-state index is 6.46. The number of hydrogen-bond donors (Lipinski definition) is 0. The van der Waals surface area contributed by atoms with Crippen LogP contribution in [-0.2, 0) is 0 Å². The van der Waals surface area contributed by atoms with Gasteiger partial charge in [-0.05, 0) is 97.9 Å². The Balaban J connectivity index is 0.978. The van der Waals surface area contributed by atoms with Crippen LogP contribution in [0.15, 0.2) is 88.3 Å². The molecule has 66 heavy (non-hydrogen) atoms. The molecule has 0 saturated heterocycles. The zero-order chi connectivity index (χ0) is 45.2. The van der Waals surface area contributed by atoms with Gasteiger partial charge in [0, 0.05) is 53.8 Å². The molecule has 0 fully saturated rings. The van der Waals surface area contributed by atoms with Gasteiger partial charge in [0.2, 0.25) is 0 Å². The van der Waals surface area contributed by atoms with Gasteiger partial charge in [0.05, 0.1) is 68.4 Å². The van der Waals surface area contributed by atoms with E-state index in [4.69, 9.17) is 33.9 Å². The van der Waals surface area contributed by atoms with Crippen molar-refractivity contribution >= 4 is 87.1 Å². The van der Waals surface area contributed by atoms with E-state index in [-0.39, 0.29) is 0 Å². The van der Waals surface area contributed by atoms with Crippen molar-refractivity contribution in [1.29, 1.82) is 0 Å². The molecular formula is C55H51N3O4S4. The Hall–Kier alpha value is -5.95. The van der Waals surface area contributed by atoms with Crippen LogP contribution >= 0.6 is 45.3 Å². The molecule has 7 nitrogen and oxygen atoms in total. The van der Waals surface area contributed by atoms with Gasteiger partial charge in [-0.15, -0.1) is 22.7 Å². The second-order valence-corrected chi connectivity index (χ2v) is 19.5. The quantitative estimate of drug-likeness (QED) is 0.0626. The minimum absolute atomic E-state index is 0.659. The summed E-state index contributed by atoms with van der Waals surface area (Å²) in [6, 6.07) is 22.0. The van der Waals surface area contributed by atoms with Gasteiger partial charge < -0.3 is 18.9 Å². The zero-order valence-electron chi connectivity index (χ0n) is 37.8. The number of thiophene rings is 4. The predicted octanol–water partition coefficient (Wildman–Crippen LogP) is 15.6. The van der Waals surface area contributed by atoms with Gasteiger partial charge in [0.25, 0.3) is 0 Å². The summed E-state index contributed by atoms with van der Waals surface area (Å²) in [6.07, 6.45) is 8.27. The van der Waals surface area contributed by atoms with Crippen LogP contribution in [0.2, 0.25) is 0 Å². The van der Waals surface area contributed by atoms with E-state index in [1.807, 2.05) is 54.6 Å². The molecule has 0 atom stereocenters. The number of unbranched alkanes of at least 4 members (excludes halogenated alkanes) is 4. The van der Waals surface area contributed by atoms with Gasteiger partial charge in [-0.2, -0.15) is 22.7 Å². The molecule has 0 radical (unpaired) electrons. The zero-order valence-corrected chi connectivity index (χ0v) is 41.0. The lowest BCUT2D eigenvalue weighted by Crippen LogP contribution is -2.00. The number of nitrogens with zero attached hydrogens (tertiary/aromatic N) is 3. The first-order valence-electron chi connectivity index (χ1n) is 22.9. The topological polar surface area (TPSA) is 75.6 Å². The second-order valence-electron chi connectivity index (χ2n) is 16.0. The molecule has 7 aromatic heterocycles. The summed E-state index contributed by atoms with van der Waals surface area (Å²) in [5.41, 5.74) is 4.25. The number of pyridine rings is 3. The fourth-order valence-electron chi connectivity index (χ4n) is 7.55. The lowest BCUT2D eigenvalue weighted by atomic mass is 10.1. The molecule has 0 aliphatic rings. The minimum atomic E-state index is 0.659. The molecule has 0 amide bonds. The highest BCUT2D eigenvalue weighted by atomic mass is 32.1. The number of ether oxygens (including phenoxy) is 4. The van der Waals surface area contributed by atoms with Gasteiger partial charge in [0.1, 0.15) is 34.4 Å². The van der Waals surface area contributed by atoms with Crippen molar-refractivity contribution in [1.82, 2.24) is 15.0 Å². The first kappa shape index (κ1) is 45.2. The third-order valence-corrected chi connectivity index (χ3v) is 14.6. The number of aromatic nitrogens is 3. The highest BCUT2D eigenvalue weighted by molar-refractivity contribution is 7.20. The Kier molecular flexibility index (Phi) is 14.8. The maximum absolute atomic E-state index is 6.46. The molecule has 0 N–H and O–H groups in total. The first-order valence-corrected chi connectivity index (χ1v) is 26.5. The average Bonchev–Trinajstić information content (AvgIpc) is 4.19. The highest BCUT2D eigenvalue weighted by Crippen LogP contribution is 2.49. The van der Waals surface area contributed by atoms with Gasteiger partial charge in [-0.3, -0.25) is 0 Å². The second kappa shape index (κ2) is 21.6. The van der Waals surface area contributed by atoms with Crippen LogP contribution in [0.1, 0.15) is 100 Å². The normalized spacial score (nSPS) is 11.2. The Morgan fingerprint density at radius 2 is 0.758 bits per heavy atom. The molecule has 0 aliphatic carbocycles. The fraction of sp³-hybridized carbons (Fsp3) is 0.291. The summed E-state index contributed by atoms with van der Waals surface area (Å²) >= 11 is 6.65. The van der Waals surface area contributed by atoms with Crippen molar-refractivity contribution in [3.05, 3.63) is 109 Å². The Bertz CT molecular complexity index is 2930. The first-order chi connectivity index (χ1) is 32.6. The van der Waals surface area contributed by atoms with Crippen molar-refractivity contribution in [3.8, 4) is 69.5 Å². The van der Waals surface area contributed by atoms with Crippen molar-refractivity contribution in [2.75, 3.05) is 26.4 Å². The van der Waals surface area contributed by atoms with Crippen molar-refractivity contribution in [3.63, 3.8) is 0 Å². The number of hydrogen-bond acceptors (Lipinski definition) is 11. The summed E-state index contributed by atoms with van der Waals surface area (Å²) in [4.78, 5) is 16.8. The van der Waals surface area contributed by atoms with E-state index in [1.165, 1.54) is 0 Å². The molecule has 0 spiro atoms. The molecule has 0 aliphatic heterocycles. The van der Waals surface area contributed by atoms with Gasteiger partial charge in [0.15, 0.2) is 0 Å². The average molecular weight is 946 g/mol. The maximum Gasteiger partial charge on any atom is 0.146 e. The molecule has 0 saturated carbocycles. The van der Waals surface area contributed by atoms with Crippen LogP contribution in [0, 0.1) is 23.7 Å². The smallest absolute Gasteiger partial charge is 0.146 e. The Morgan fingerprint density at radius 1 is 0.409 bits per heavy atom. The SMILES string of the molecule is CCCCOc1c2cscc2c(OCCCC)c2sc(C#Cc3cccc(-c4cccc(-c5cccc(C#Cc6cc7c(OCCCC)c8cscc8c(OCCCC)c7s6)n5)n4)n3)cc12. The summed E-state index contributed by atoms with van der Waals surface area (Å²) in [5, 5.41) is 15.2. The summed E-state index contributed by atoms with van der Waals surface area (Å²) in [7, 11) is 0. The van der Waals surface area contributed by atoms with E-state index in [0.29, 0.717) is 37.8 Å². The van der Waals surface area contributed by atoms with Crippen LogP contribution in [0.25, 0.3) is 64.5 Å². The van der Waals surface area contributed by atoms with E-state index < -0.39 is 0 Å². The van der Waals surface area contributed by atoms with Crippen LogP contribution in [-0.4, -0.2) is 41.4 Å². The van der Waals surface area contributed by atoms with E-state index in [0.717, 1.165) is 149 Å². The lowest BCUT2D eigenvalue weighted by Gasteiger charge is -2.13. The van der Waals surface area contributed by atoms with E-state index in [9.17, 15) is 0 Å². The molecular weight excluding hydrogens is 895 g/mol. The van der Waals surface area contributed by atoms with Gasteiger partial charge in [-0.1, -0.05) is 71.6 Å².